The summed E-state index contributed by atoms with van der Waals surface area (Å²) in [6.07, 6.45) is 0.522. The molecule has 1 atom stereocenters. The molecule has 2 aromatic rings. The maximum atomic E-state index is 13.2. The van der Waals surface area contributed by atoms with E-state index >= 15 is 0 Å². The minimum Gasteiger partial charge on any atom is -0.483 e. The summed E-state index contributed by atoms with van der Waals surface area (Å²) in [4.78, 5) is 27.4. The Labute approximate surface area is 194 Å². The summed E-state index contributed by atoms with van der Waals surface area (Å²) in [6.45, 7) is 10.9. The van der Waals surface area contributed by atoms with Gasteiger partial charge in [-0.2, -0.15) is 0 Å². The highest BCUT2D eigenvalue weighted by Crippen LogP contribution is 2.31. The molecule has 0 unspecified atom stereocenters. The lowest BCUT2D eigenvalue weighted by atomic mass is 9.87. The van der Waals surface area contributed by atoms with Gasteiger partial charge in [0.1, 0.15) is 11.8 Å². The molecule has 0 aromatic heterocycles. The lowest BCUT2D eigenvalue weighted by molar-refractivity contribution is -0.142. The van der Waals surface area contributed by atoms with E-state index in [0.717, 1.165) is 10.0 Å². The van der Waals surface area contributed by atoms with Crippen LogP contribution in [0.5, 0.6) is 5.75 Å². The highest BCUT2D eigenvalue weighted by molar-refractivity contribution is 9.10. The third-order valence-corrected chi connectivity index (χ3v) is 5.70. The van der Waals surface area contributed by atoms with Crippen molar-refractivity contribution in [3.8, 4) is 5.75 Å². The van der Waals surface area contributed by atoms with Gasteiger partial charge in [-0.15, -0.1) is 0 Å². The SMILES string of the molecule is CCNC(=O)[C@@H](CC)N(Cc1ccccc1)C(=O)COc1ccc(C(C)(C)C)cc1Br. The zero-order chi connectivity index (χ0) is 23.0. The fourth-order valence-corrected chi connectivity index (χ4v) is 3.79. The van der Waals surface area contributed by atoms with Crippen LogP contribution in [0.1, 0.15) is 52.2 Å². The monoisotopic (exact) mass is 488 g/mol. The van der Waals surface area contributed by atoms with Crippen molar-refractivity contribution in [2.45, 2.75) is 59.0 Å². The predicted molar refractivity (Wildman–Crippen MR) is 128 cm³/mol. The van der Waals surface area contributed by atoms with E-state index in [9.17, 15) is 9.59 Å². The molecular formula is C25H33BrN2O3. The highest BCUT2D eigenvalue weighted by Gasteiger charge is 2.28. The topological polar surface area (TPSA) is 58.6 Å². The van der Waals surface area contributed by atoms with Gasteiger partial charge in [0.25, 0.3) is 5.91 Å². The lowest BCUT2D eigenvalue weighted by Crippen LogP contribution is -2.50. The Morgan fingerprint density at radius 3 is 2.32 bits per heavy atom. The number of ether oxygens (including phenoxy) is 1. The van der Waals surface area contributed by atoms with Gasteiger partial charge in [-0.05, 0) is 57.9 Å². The Hall–Kier alpha value is -2.34. The smallest absolute Gasteiger partial charge is 0.261 e. The second kappa shape index (κ2) is 11.3. The molecule has 0 aliphatic carbocycles. The maximum absolute atomic E-state index is 13.2. The van der Waals surface area contributed by atoms with E-state index < -0.39 is 6.04 Å². The number of carbonyl (C=O) groups excluding carboxylic acids is 2. The van der Waals surface area contributed by atoms with Crippen LogP contribution in [0.3, 0.4) is 0 Å². The van der Waals surface area contributed by atoms with Gasteiger partial charge in [0.05, 0.1) is 4.47 Å². The van der Waals surface area contributed by atoms with Crippen molar-refractivity contribution in [2.75, 3.05) is 13.2 Å². The Bertz CT molecular complexity index is 878. The molecule has 2 amide bonds. The summed E-state index contributed by atoms with van der Waals surface area (Å²) in [5.74, 6) is 0.228. The molecule has 0 saturated heterocycles. The quantitative estimate of drug-likeness (QED) is 0.535. The number of rotatable bonds is 9. The Kier molecular flexibility index (Phi) is 9.11. The van der Waals surface area contributed by atoms with Crippen LogP contribution in [0.2, 0.25) is 0 Å². The number of nitrogens with one attached hydrogen (secondary N) is 1. The van der Waals surface area contributed by atoms with E-state index in [1.165, 1.54) is 5.56 Å². The second-order valence-electron chi connectivity index (χ2n) is 8.51. The van der Waals surface area contributed by atoms with E-state index in [4.69, 9.17) is 4.74 Å². The number of hydrogen-bond donors (Lipinski definition) is 1. The Balaban J connectivity index is 2.19. The van der Waals surface area contributed by atoms with Crippen LogP contribution in [0.25, 0.3) is 0 Å². The minimum atomic E-state index is -0.553. The third kappa shape index (κ3) is 7.10. The van der Waals surface area contributed by atoms with E-state index in [-0.39, 0.29) is 23.8 Å². The van der Waals surface area contributed by atoms with Gasteiger partial charge in [-0.3, -0.25) is 9.59 Å². The second-order valence-corrected chi connectivity index (χ2v) is 9.36. The van der Waals surface area contributed by atoms with Gasteiger partial charge in [0.15, 0.2) is 6.61 Å². The number of nitrogens with zero attached hydrogens (tertiary/aromatic N) is 1. The van der Waals surface area contributed by atoms with Crippen LogP contribution in [0.15, 0.2) is 53.0 Å². The molecule has 0 bridgehead atoms. The normalized spacial score (nSPS) is 12.2. The zero-order valence-corrected chi connectivity index (χ0v) is 20.7. The molecule has 5 nitrogen and oxygen atoms in total. The van der Waals surface area contributed by atoms with Gasteiger partial charge in [0.2, 0.25) is 5.91 Å². The molecule has 0 radical (unpaired) electrons. The van der Waals surface area contributed by atoms with Crippen molar-refractivity contribution in [1.29, 1.82) is 0 Å². The molecule has 0 aliphatic rings. The van der Waals surface area contributed by atoms with Crippen molar-refractivity contribution in [3.63, 3.8) is 0 Å². The van der Waals surface area contributed by atoms with Crippen LogP contribution in [-0.2, 0) is 21.5 Å². The average Bonchev–Trinajstić information content (AvgIpc) is 2.72. The largest absolute Gasteiger partial charge is 0.483 e. The molecule has 2 rings (SSSR count). The highest BCUT2D eigenvalue weighted by atomic mass is 79.9. The van der Waals surface area contributed by atoms with Crippen LogP contribution in [0, 0.1) is 0 Å². The Morgan fingerprint density at radius 2 is 1.77 bits per heavy atom. The molecule has 0 heterocycles. The molecule has 6 heteroatoms. The van der Waals surface area contributed by atoms with Crippen LogP contribution in [0.4, 0.5) is 0 Å². The average molecular weight is 489 g/mol. The summed E-state index contributed by atoms with van der Waals surface area (Å²) >= 11 is 3.55. The number of carbonyl (C=O) groups is 2. The number of likely N-dealkylation sites (N-methyl/N-ethyl adjacent to an activating group) is 1. The van der Waals surface area contributed by atoms with Crippen molar-refractivity contribution in [1.82, 2.24) is 10.2 Å². The molecule has 2 aromatic carbocycles. The molecule has 1 N–H and O–H groups in total. The lowest BCUT2D eigenvalue weighted by Gasteiger charge is -2.30. The van der Waals surface area contributed by atoms with Gasteiger partial charge in [-0.1, -0.05) is 64.1 Å². The van der Waals surface area contributed by atoms with Gasteiger partial charge >= 0.3 is 0 Å². The van der Waals surface area contributed by atoms with Crippen molar-refractivity contribution in [2.24, 2.45) is 0 Å². The first-order chi connectivity index (χ1) is 14.7. The predicted octanol–water partition coefficient (Wildman–Crippen LogP) is 5.07. The molecule has 0 fully saturated rings. The van der Waals surface area contributed by atoms with E-state index in [0.29, 0.717) is 25.3 Å². The molecular weight excluding hydrogens is 456 g/mol. The van der Waals surface area contributed by atoms with Crippen molar-refractivity contribution < 1.29 is 14.3 Å². The van der Waals surface area contributed by atoms with Crippen molar-refractivity contribution >= 4 is 27.7 Å². The number of benzene rings is 2. The first-order valence-corrected chi connectivity index (χ1v) is 11.5. The van der Waals surface area contributed by atoms with Gasteiger partial charge in [0, 0.05) is 13.1 Å². The van der Waals surface area contributed by atoms with Crippen LogP contribution < -0.4 is 10.1 Å². The van der Waals surface area contributed by atoms with Crippen LogP contribution >= 0.6 is 15.9 Å². The van der Waals surface area contributed by atoms with E-state index in [1.807, 2.05) is 62.4 Å². The summed E-state index contributed by atoms with van der Waals surface area (Å²) < 4.78 is 6.65. The zero-order valence-electron chi connectivity index (χ0n) is 19.1. The molecule has 31 heavy (non-hydrogen) atoms. The number of amides is 2. The Morgan fingerprint density at radius 1 is 1.10 bits per heavy atom. The summed E-state index contributed by atoms with van der Waals surface area (Å²) in [6, 6.07) is 15.0. The summed E-state index contributed by atoms with van der Waals surface area (Å²) in [5, 5.41) is 2.84. The summed E-state index contributed by atoms with van der Waals surface area (Å²) in [5.41, 5.74) is 2.16. The first-order valence-electron chi connectivity index (χ1n) is 10.7. The first kappa shape index (κ1) is 24.9. The molecule has 0 spiro atoms. The molecule has 0 saturated carbocycles. The van der Waals surface area contributed by atoms with E-state index in [1.54, 1.807) is 4.90 Å². The summed E-state index contributed by atoms with van der Waals surface area (Å²) in [7, 11) is 0. The van der Waals surface area contributed by atoms with Crippen LogP contribution in [-0.4, -0.2) is 35.9 Å². The maximum Gasteiger partial charge on any atom is 0.261 e. The van der Waals surface area contributed by atoms with Crippen molar-refractivity contribution in [3.05, 3.63) is 64.1 Å². The van der Waals surface area contributed by atoms with Gasteiger partial charge in [-0.25, -0.2) is 0 Å². The number of hydrogen-bond acceptors (Lipinski definition) is 3. The molecule has 0 aliphatic heterocycles. The van der Waals surface area contributed by atoms with E-state index in [2.05, 4.69) is 42.0 Å². The van der Waals surface area contributed by atoms with Gasteiger partial charge < -0.3 is 15.0 Å². The fourth-order valence-electron chi connectivity index (χ4n) is 3.30. The standard InChI is InChI=1S/C25H33BrN2O3/c1-6-21(24(30)27-7-2)28(16-18-11-9-8-10-12-18)23(29)17-31-22-14-13-19(15-20(22)26)25(3,4)5/h8-15,21H,6-7,16-17H2,1-5H3,(H,27,30)/t21-/m1/s1. The molecule has 168 valence electrons. The number of halogens is 1. The minimum absolute atomic E-state index is 0.0182. The fraction of sp³-hybridized carbons (Fsp3) is 0.440. The third-order valence-electron chi connectivity index (χ3n) is 5.08.